The van der Waals surface area contributed by atoms with Crippen LogP contribution in [0.15, 0.2) is 34.9 Å². The number of rotatable bonds is 4. The van der Waals surface area contributed by atoms with Gasteiger partial charge in [0.25, 0.3) is 0 Å². The lowest BCUT2D eigenvalue weighted by molar-refractivity contribution is -0.139. The van der Waals surface area contributed by atoms with E-state index in [2.05, 4.69) is 0 Å². The monoisotopic (exact) mass is 387 g/mol. The van der Waals surface area contributed by atoms with Crippen LogP contribution in [0.3, 0.4) is 0 Å². The molecule has 1 aliphatic heterocycles. The first kappa shape index (κ1) is 17.1. The molecular formula is C16H12Cl3NO4. The van der Waals surface area contributed by atoms with Gasteiger partial charge in [-0.15, -0.1) is 0 Å². The normalized spacial score (nSPS) is 17.4. The lowest BCUT2D eigenvalue weighted by atomic mass is 10.1. The Morgan fingerprint density at radius 3 is 2.62 bits per heavy atom. The van der Waals surface area contributed by atoms with Crippen LogP contribution in [0.1, 0.15) is 12.2 Å². The van der Waals surface area contributed by atoms with E-state index in [0.717, 1.165) is 0 Å². The summed E-state index contributed by atoms with van der Waals surface area (Å²) in [6.45, 7) is 0.569. The van der Waals surface area contributed by atoms with Gasteiger partial charge in [0.2, 0.25) is 5.91 Å². The molecule has 0 bridgehead atoms. The standard InChI is InChI=1S/C16H12Cl3NO4/c17-10-5-12(18)15(13(19)6-10)24-16(22)9-4-14(21)20(7-9)8-11-2-1-3-23-11/h1-3,5-6,9H,4,7-8H2. The molecule has 24 heavy (non-hydrogen) atoms. The first-order chi connectivity index (χ1) is 11.4. The van der Waals surface area contributed by atoms with Gasteiger partial charge in [0.05, 0.1) is 28.8 Å². The molecule has 0 saturated carbocycles. The Balaban J connectivity index is 1.67. The molecule has 0 aliphatic carbocycles. The van der Waals surface area contributed by atoms with E-state index >= 15 is 0 Å². The van der Waals surface area contributed by atoms with Crippen LogP contribution >= 0.6 is 34.8 Å². The first-order valence-electron chi connectivity index (χ1n) is 7.10. The maximum absolute atomic E-state index is 12.3. The average molecular weight is 389 g/mol. The fourth-order valence-corrected chi connectivity index (χ4v) is 3.38. The van der Waals surface area contributed by atoms with Crippen LogP contribution in [-0.2, 0) is 16.1 Å². The molecule has 1 amide bonds. The molecule has 0 radical (unpaired) electrons. The molecule has 0 N–H and O–H groups in total. The molecule has 1 atom stereocenters. The summed E-state index contributed by atoms with van der Waals surface area (Å²) in [5.74, 6) is -0.584. The molecule has 1 unspecified atom stereocenters. The Morgan fingerprint density at radius 1 is 1.29 bits per heavy atom. The zero-order chi connectivity index (χ0) is 17.3. The Kier molecular flexibility index (Phi) is 5.04. The third-order valence-corrected chi connectivity index (χ3v) is 4.42. The fourth-order valence-electron chi connectivity index (χ4n) is 2.48. The Labute approximate surface area is 153 Å². The summed E-state index contributed by atoms with van der Waals surface area (Å²) in [4.78, 5) is 25.9. The molecule has 126 valence electrons. The Morgan fingerprint density at radius 2 is 2.00 bits per heavy atom. The SMILES string of the molecule is O=C(Oc1c(Cl)cc(Cl)cc1Cl)C1CC(=O)N(Cc2ccco2)C1. The van der Waals surface area contributed by atoms with Crippen molar-refractivity contribution in [2.24, 2.45) is 5.92 Å². The van der Waals surface area contributed by atoms with E-state index in [1.165, 1.54) is 18.4 Å². The minimum Gasteiger partial charge on any atom is -0.467 e. The number of ether oxygens (including phenoxy) is 1. The summed E-state index contributed by atoms with van der Waals surface area (Å²) < 4.78 is 10.5. The van der Waals surface area contributed by atoms with Crippen LogP contribution in [-0.4, -0.2) is 23.3 Å². The van der Waals surface area contributed by atoms with Crippen LogP contribution in [0.5, 0.6) is 5.75 Å². The van der Waals surface area contributed by atoms with Gasteiger partial charge in [-0.25, -0.2) is 0 Å². The highest BCUT2D eigenvalue weighted by molar-refractivity contribution is 6.40. The summed E-state index contributed by atoms with van der Waals surface area (Å²) in [6.07, 6.45) is 1.61. The third-order valence-electron chi connectivity index (χ3n) is 3.64. The lowest BCUT2D eigenvalue weighted by Gasteiger charge is -2.15. The number of carbonyl (C=O) groups excluding carboxylic acids is 2. The van der Waals surface area contributed by atoms with Crippen molar-refractivity contribution in [3.05, 3.63) is 51.4 Å². The summed E-state index contributed by atoms with van der Waals surface area (Å²) in [5, 5.41) is 0.612. The van der Waals surface area contributed by atoms with Crippen molar-refractivity contribution in [3.8, 4) is 5.75 Å². The molecule has 1 fully saturated rings. The molecule has 1 aliphatic rings. The molecule has 1 saturated heterocycles. The number of nitrogens with zero attached hydrogens (tertiary/aromatic N) is 1. The van der Waals surface area contributed by atoms with Crippen LogP contribution in [0, 0.1) is 5.92 Å². The molecule has 3 rings (SSSR count). The van der Waals surface area contributed by atoms with E-state index in [1.54, 1.807) is 17.0 Å². The lowest BCUT2D eigenvalue weighted by Crippen LogP contribution is -2.27. The molecule has 0 spiro atoms. The number of carbonyl (C=O) groups is 2. The van der Waals surface area contributed by atoms with Crippen molar-refractivity contribution < 1.29 is 18.7 Å². The van der Waals surface area contributed by atoms with Crippen LogP contribution in [0.2, 0.25) is 15.1 Å². The van der Waals surface area contributed by atoms with E-state index in [1.807, 2.05) is 0 Å². The van der Waals surface area contributed by atoms with Gasteiger partial charge in [0.15, 0.2) is 5.75 Å². The summed E-state index contributed by atoms with van der Waals surface area (Å²) in [7, 11) is 0. The van der Waals surface area contributed by atoms with E-state index in [9.17, 15) is 9.59 Å². The Bertz CT molecular complexity index is 753. The topological polar surface area (TPSA) is 59.8 Å². The fraction of sp³-hybridized carbons (Fsp3) is 0.250. The molecule has 1 aromatic heterocycles. The highest BCUT2D eigenvalue weighted by Crippen LogP contribution is 2.36. The van der Waals surface area contributed by atoms with Crippen LogP contribution < -0.4 is 4.74 Å². The maximum atomic E-state index is 12.3. The zero-order valence-corrected chi connectivity index (χ0v) is 14.6. The van der Waals surface area contributed by atoms with Gasteiger partial charge in [-0.3, -0.25) is 9.59 Å². The highest BCUT2D eigenvalue weighted by Gasteiger charge is 2.36. The number of furan rings is 1. The van der Waals surface area contributed by atoms with E-state index in [-0.39, 0.29) is 34.7 Å². The molecule has 2 aromatic rings. The van der Waals surface area contributed by atoms with Crippen molar-refractivity contribution in [2.75, 3.05) is 6.54 Å². The quantitative estimate of drug-likeness (QED) is 0.582. The van der Waals surface area contributed by atoms with Gasteiger partial charge in [-0.05, 0) is 24.3 Å². The number of hydrogen-bond donors (Lipinski definition) is 0. The van der Waals surface area contributed by atoms with E-state index in [4.69, 9.17) is 44.0 Å². The van der Waals surface area contributed by atoms with Gasteiger partial charge in [0.1, 0.15) is 5.76 Å². The second-order valence-electron chi connectivity index (χ2n) is 5.37. The number of hydrogen-bond acceptors (Lipinski definition) is 4. The van der Waals surface area contributed by atoms with Crippen molar-refractivity contribution in [3.63, 3.8) is 0 Å². The number of halogens is 3. The number of likely N-dealkylation sites (tertiary alicyclic amines) is 1. The second kappa shape index (κ2) is 7.05. The maximum Gasteiger partial charge on any atom is 0.316 e. The second-order valence-corrected chi connectivity index (χ2v) is 6.63. The van der Waals surface area contributed by atoms with Crippen molar-refractivity contribution >= 4 is 46.7 Å². The van der Waals surface area contributed by atoms with Crippen molar-refractivity contribution in [1.29, 1.82) is 0 Å². The van der Waals surface area contributed by atoms with Crippen molar-refractivity contribution in [1.82, 2.24) is 4.90 Å². The first-order valence-corrected chi connectivity index (χ1v) is 8.24. The summed E-state index contributed by atoms with van der Waals surface area (Å²) in [6, 6.07) is 6.37. The average Bonchev–Trinajstić information content (AvgIpc) is 3.14. The molecule has 8 heteroatoms. The highest BCUT2D eigenvalue weighted by atomic mass is 35.5. The van der Waals surface area contributed by atoms with Gasteiger partial charge in [0, 0.05) is 18.0 Å². The van der Waals surface area contributed by atoms with Gasteiger partial charge < -0.3 is 14.1 Å². The van der Waals surface area contributed by atoms with Gasteiger partial charge >= 0.3 is 5.97 Å². The Hall–Kier alpha value is -1.69. The largest absolute Gasteiger partial charge is 0.467 e. The van der Waals surface area contributed by atoms with E-state index < -0.39 is 11.9 Å². The molecule has 5 nitrogen and oxygen atoms in total. The minimum absolute atomic E-state index is 0.0460. The molecular weight excluding hydrogens is 377 g/mol. The predicted molar refractivity (Wildman–Crippen MR) is 89.3 cm³/mol. The van der Waals surface area contributed by atoms with Gasteiger partial charge in [-0.1, -0.05) is 34.8 Å². The summed E-state index contributed by atoms with van der Waals surface area (Å²) in [5.41, 5.74) is 0. The van der Waals surface area contributed by atoms with E-state index in [0.29, 0.717) is 17.3 Å². The van der Waals surface area contributed by atoms with Crippen LogP contribution in [0.4, 0.5) is 0 Å². The summed E-state index contributed by atoms with van der Waals surface area (Å²) >= 11 is 17.8. The number of benzene rings is 1. The minimum atomic E-state index is -0.588. The van der Waals surface area contributed by atoms with Gasteiger partial charge in [-0.2, -0.15) is 0 Å². The molecule has 2 heterocycles. The van der Waals surface area contributed by atoms with Crippen molar-refractivity contribution in [2.45, 2.75) is 13.0 Å². The number of amides is 1. The number of esters is 1. The zero-order valence-electron chi connectivity index (χ0n) is 12.3. The molecule has 1 aromatic carbocycles. The third kappa shape index (κ3) is 3.69. The smallest absolute Gasteiger partial charge is 0.316 e. The van der Waals surface area contributed by atoms with Crippen LogP contribution in [0.25, 0.3) is 0 Å². The predicted octanol–water partition coefficient (Wildman–Crippen LogP) is 4.19.